The van der Waals surface area contributed by atoms with Crippen molar-refractivity contribution < 1.29 is 13.2 Å². The standard InChI is InChI=1S/C17H26N2O3S/c1-14(2)16(12-15-6-4-3-5-7-15)13-18-17(20)19-8-10-23(21,22)11-9-19/h3-7,14,16H,8-13H2,1-2H3,(H,18,20)/t16-/m0/s1. The van der Waals surface area contributed by atoms with Crippen molar-refractivity contribution in [2.75, 3.05) is 31.1 Å². The summed E-state index contributed by atoms with van der Waals surface area (Å²) in [4.78, 5) is 13.8. The number of nitrogens with one attached hydrogen (secondary N) is 1. The molecule has 1 aliphatic rings. The quantitative estimate of drug-likeness (QED) is 0.892. The molecule has 1 heterocycles. The highest BCUT2D eigenvalue weighted by Gasteiger charge is 2.25. The van der Waals surface area contributed by atoms with Gasteiger partial charge in [0, 0.05) is 19.6 Å². The zero-order chi connectivity index (χ0) is 16.9. The lowest BCUT2D eigenvalue weighted by Gasteiger charge is -2.28. The Morgan fingerprint density at radius 1 is 1.17 bits per heavy atom. The third-order valence-electron chi connectivity index (χ3n) is 4.43. The molecule has 0 unspecified atom stereocenters. The summed E-state index contributed by atoms with van der Waals surface area (Å²) in [5, 5.41) is 2.97. The maximum Gasteiger partial charge on any atom is 0.317 e. The maximum atomic E-state index is 12.2. The fourth-order valence-corrected chi connectivity index (χ4v) is 3.91. The van der Waals surface area contributed by atoms with Gasteiger partial charge >= 0.3 is 6.03 Å². The van der Waals surface area contributed by atoms with Gasteiger partial charge in [-0.1, -0.05) is 44.2 Å². The van der Waals surface area contributed by atoms with Crippen LogP contribution >= 0.6 is 0 Å². The summed E-state index contributed by atoms with van der Waals surface area (Å²) < 4.78 is 22.8. The summed E-state index contributed by atoms with van der Waals surface area (Å²) >= 11 is 0. The Kier molecular flexibility index (Phi) is 6.04. The van der Waals surface area contributed by atoms with Crippen molar-refractivity contribution in [1.82, 2.24) is 10.2 Å². The zero-order valence-corrected chi connectivity index (χ0v) is 14.7. The Morgan fingerprint density at radius 2 is 1.78 bits per heavy atom. The first-order valence-electron chi connectivity index (χ1n) is 8.14. The van der Waals surface area contributed by atoms with Gasteiger partial charge in [-0.2, -0.15) is 0 Å². The van der Waals surface area contributed by atoms with Gasteiger partial charge in [-0.3, -0.25) is 0 Å². The summed E-state index contributed by atoms with van der Waals surface area (Å²) in [6, 6.07) is 10.1. The topological polar surface area (TPSA) is 66.5 Å². The van der Waals surface area contributed by atoms with E-state index in [9.17, 15) is 13.2 Å². The molecule has 0 bridgehead atoms. The number of carbonyl (C=O) groups is 1. The summed E-state index contributed by atoms with van der Waals surface area (Å²) in [7, 11) is -2.96. The molecule has 6 heteroatoms. The number of benzene rings is 1. The summed E-state index contributed by atoms with van der Waals surface area (Å²) in [5.41, 5.74) is 1.27. The Balaban J connectivity index is 1.85. The molecular formula is C17H26N2O3S. The van der Waals surface area contributed by atoms with E-state index in [4.69, 9.17) is 0 Å². The molecule has 2 rings (SSSR count). The second-order valence-electron chi connectivity index (χ2n) is 6.52. The number of amides is 2. The summed E-state index contributed by atoms with van der Waals surface area (Å²) in [5.74, 6) is 0.947. The van der Waals surface area contributed by atoms with Crippen molar-refractivity contribution in [2.24, 2.45) is 11.8 Å². The van der Waals surface area contributed by atoms with E-state index in [0.29, 0.717) is 31.5 Å². The molecule has 0 saturated carbocycles. The van der Waals surface area contributed by atoms with E-state index in [1.807, 2.05) is 18.2 Å². The highest BCUT2D eigenvalue weighted by Crippen LogP contribution is 2.16. The molecule has 1 saturated heterocycles. The van der Waals surface area contributed by atoms with Gasteiger partial charge in [0.1, 0.15) is 0 Å². The number of carbonyl (C=O) groups excluding carboxylic acids is 1. The number of urea groups is 1. The minimum atomic E-state index is -2.96. The van der Waals surface area contributed by atoms with Crippen LogP contribution in [-0.4, -0.2) is 50.5 Å². The average molecular weight is 338 g/mol. The summed E-state index contributed by atoms with van der Waals surface area (Å²) in [6.07, 6.45) is 0.924. The van der Waals surface area contributed by atoms with Crippen molar-refractivity contribution >= 4 is 15.9 Å². The van der Waals surface area contributed by atoms with Crippen LogP contribution in [0.5, 0.6) is 0 Å². The molecule has 1 fully saturated rings. The second kappa shape index (κ2) is 7.81. The van der Waals surface area contributed by atoms with Crippen LogP contribution in [-0.2, 0) is 16.3 Å². The van der Waals surface area contributed by atoms with E-state index in [1.165, 1.54) is 5.56 Å². The smallest absolute Gasteiger partial charge is 0.317 e. The molecule has 5 nitrogen and oxygen atoms in total. The van der Waals surface area contributed by atoms with Crippen LogP contribution in [0, 0.1) is 11.8 Å². The fourth-order valence-electron chi connectivity index (χ4n) is 2.71. The minimum Gasteiger partial charge on any atom is -0.338 e. The normalized spacial score (nSPS) is 18.7. The zero-order valence-electron chi connectivity index (χ0n) is 13.9. The third kappa shape index (κ3) is 5.53. The Labute approximate surface area is 139 Å². The lowest BCUT2D eigenvalue weighted by molar-refractivity contribution is 0.198. The maximum absolute atomic E-state index is 12.2. The fraction of sp³-hybridized carbons (Fsp3) is 0.588. The van der Waals surface area contributed by atoms with Crippen molar-refractivity contribution in [3.8, 4) is 0 Å². The molecule has 0 aromatic heterocycles. The molecule has 1 aromatic carbocycles. The molecule has 0 radical (unpaired) electrons. The lowest BCUT2D eigenvalue weighted by atomic mass is 9.89. The van der Waals surface area contributed by atoms with Crippen LogP contribution in [0.4, 0.5) is 4.79 Å². The van der Waals surface area contributed by atoms with Crippen molar-refractivity contribution in [3.63, 3.8) is 0 Å². The first kappa shape index (κ1) is 17.8. The van der Waals surface area contributed by atoms with Gasteiger partial charge in [-0.05, 0) is 23.8 Å². The van der Waals surface area contributed by atoms with Gasteiger partial charge in [0.2, 0.25) is 0 Å². The van der Waals surface area contributed by atoms with Crippen LogP contribution in [0.1, 0.15) is 19.4 Å². The molecule has 2 amide bonds. The first-order chi connectivity index (χ1) is 10.9. The first-order valence-corrected chi connectivity index (χ1v) is 9.96. The Morgan fingerprint density at radius 3 is 2.35 bits per heavy atom. The molecule has 0 aliphatic carbocycles. The van der Waals surface area contributed by atoms with E-state index >= 15 is 0 Å². The molecule has 1 aliphatic heterocycles. The van der Waals surface area contributed by atoms with E-state index in [1.54, 1.807) is 4.90 Å². The van der Waals surface area contributed by atoms with E-state index in [2.05, 4.69) is 31.3 Å². The molecular weight excluding hydrogens is 312 g/mol. The molecule has 1 N–H and O–H groups in total. The van der Waals surface area contributed by atoms with Gasteiger partial charge < -0.3 is 10.2 Å². The Hall–Kier alpha value is -1.56. The van der Waals surface area contributed by atoms with Crippen LogP contribution in [0.3, 0.4) is 0 Å². The van der Waals surface area contributed by atoms with Crippen LogP contribution in [0.15, 0.2) is 30.3 Å². The van der Waals surface area contributed by atoms with Crippen molar-refractivity contribution in [3.05, 3.63) is 35.9 Å². The summed E-state index contributed by atoms with van der Waals surface area (Å²) in [6.45, 7) is 5.51. The number of hydrogen-bond donors (Lipinski definition) is 1. The molecule has 1 aromatic rings. The number of sulfone groups is 1. The lowest BCUT2D eigenvalue weighted by Crippen LogP contribution is -2.49. The van der Waals surface area contributed by atoms with Crippen molar-refractivity contribution in [1.29, 1.82) is 0 Å². The highest BCUT2D eigenvalue weighted by atomic mass is 32.2. The molecule has 1 atom stereocenters. The number of rotatable bonds is 5. The SMILES string of the molecule is CC(C)[C@H](CNC(=O)N1CCS(=O)(=O)CC1)Cc1ccccc1. The highest BCUT2D eigenvalue weighted by molar-refractivity contribution is 7.91. The monoisotopic (exact) mass is 338 g/mol. The third-order valence-corrected chi connectivity index (χ3v) is 6.04. The van der Waals surface area contributed by atoms with Gasteiger partial charge in [-0.15, -0.1) is 0 Å². The van der Waals surface area contributed by atoms with Gasteiger partial charge in [0.05, 0.1) is 11.5 Å². The van der Waals surface area contributed by atoms with Crippen molar-refractivity contribution in [2.45, 2.75) is 20.3 Å². The van der Waals surface area contributed by atoms with Gasteiger partial charge in [0.15, 0.2) is 9.84 Å². The number of hydrogen-bond acceptors (Lipinski definition) is 3. The second-order valence-corrected chi connectivity index (χ2v) is 8.82. The largest absolute Gasteiger partial charge is 0.338 e. The van der Waals surface area contributed by atoms with E-state index in [0.717, 1.165) is 6.42 Å². The predicted octanol–water partition coefficient (Wildman–Crippen LogP) is 1.94. The van der Waals surface area contributed by atoms with Crippen LogP contribution < -0.4 is 5.32 Å². The van der Waals surface area contributed by atoms with Gasteiger partial charge in [-0.25, -0.2) is 13.2 Å². The molecule has 0 spiro atoms. The number of nitrogens with zero attached hydrogens (tertiary/aromatic N) is 1. The average Bonchev–Trinajstić information content (AvgIpc) is 2.51. The van der Waals surface area contributed by atoms with E-state index < -0.39 is 9.84 Å². The molecule has 23 heavy (non-hydrogen) atoms. The molecule has 128 valence electrons. The predicted molar refractivity (Wildman–Crippen MR) is 92.1 cm³/mol. The van der Waals surface area contributed by atoms with E-state index in [-0.39, 0.29) is 17.5 Å². The Bertz CT molecular complexity index is 600. The van der Waals surface area contributed by atoms with Crippen LogP contribution in [0.2, 0.25) is 0 Å². The minimum absolute atomic E-state index is 0.0675. The van der Waals surface area contributed by atoms with Crippen LogP contribution in [0.25, 0.3) is 0 Å². The van der Waals surface area contributed by atoms with Gasteiger partial charge in [0.25, 0.3) is 0 Å².